The molecule has 2 N–H and O–H groups in total. The quantitative estimate of drug-likeness (QED) is 0.798. The van der Waals surface area contributed by atoms with Crippen LogP contribution >= 0.6 is 0 Å². The summed E-state index contributed by atoms with van der Waals surface area (Å²) in [5, 5.41) is 0. The van der Waals surface area contributed by atoms with Crippen LogP contribution in [0.15, 0.2) is 30.3 Å². The van der Waals surface area contributed by atoms with E-state index >= 15 is 0 Å². The molecule has 0 amide bonds. The first-order chi connectivity index (χ1) is 9.14. The smallest absolute Gasteiger partial charge is 0.328 e. The van der Waals surface area contributed by atoms with Gasteiger partial charge < -0.3 is 4.74 Å². The largest absolute Gasteiger partial charge is 0.468 e. The molecule has 0 heterocycles. The summed E-state index contributed by atoms with van der Waals surface area (Å²) >= 11 is 0. The minimum absolute atomic E-state index is 0.513. The van der Waals surface area contributed by atoms with E-state index in [1.807, 2.05) is 0 Å². The van der Waals surface area contributed by atoms with E-state index in [9.17, 15) is 13.2 Å². The van der Waals surface area contributed by atoms with Crippen LogP contribution in [-0.4, -0.2) is 27.0 Å². The Balaban J connectivity index is 3.01. The van der Waals surface area contributed by atoms with E-state index in [1.54, 1.807) is 51.1 Å². The standard InChI is InChI=1S/C13H20N2O4S/c1-13(2,3)15-20(17,18)14-11(12(16)19-4)10-8-6-5-7-9-10/h5-9,11,14-15H,1-4H3. The number of nitrogens with one attached hydrogen (secondary N) is 2. The summed E-state index contributed by atoms with van der Waals surface area (Å²) in [4.78, 5) is 11.8. The highest BCUT2D eigenvalue weighted by Crippen LogP contribution is 2.15. The predicted octanol–water partition coefficient (Wildman–Crippen LogP) is 1.12. The van der Waals surface area contributed by atoms with Crippen molar-refractivity contribution < 1.29 is 17.9 Å². The lowest BCUT2D eigenvalue weighted by Gasteiger charge is -2.23. The van der Waals surface area contributed by atoms with Gasteiger partial charge in [0.05, 0.1) is 7.11 Å². The Bertz CT molecular complexity index is 549. The molecular formula is C13H20N2O4S. The maximum atomic E-state index is 12.0. The van der Waals surface area contributed by atoms with Crippen molar-refractivity contribution in [2.24, 2.45) is 0 Å². The number of hydrogen-bond acceptors (Lipinski definition) is 4. The molecule has 20 heavy (non-hydrogen) atoms. The van der Waals surface area contributed by atoms with E-state index in [-0.39, 0.29) is 0 Å². The van der Waals surface area contributed by atoms with E-state index in [4.69, 9.17) is 0 Å². The van der Waals surface area contributed by atoms with Crippen molar-refractivity contribution in [2.75, 3.05) is 7.11 Å². The van der Waals surface area contributed by atoms with Crippen molar-refractivity contribution in [3.63, 3.8) is 0 Å². The number of carbonyl (C=O) groups is 1. The van der Waals surface area contributed by atoms with Crippen LogP contribution in [0.25, 0.3) is 0 Å². The highest BCUT2D eigenvalue weighted by molar-refractivity contribution is 7.87. The summed E-state index contributed by atoms with van der Waals surface area (Å²) in [7, 11) is -2.63. The molecule has 0 radical (unpaired) electrons. The Kier molecular flexibility index (Phi) is 5.27. The molecule has 1 aromatic carbocycles. The lowest BCUT2D eigenvalue weighted by Crippen LogP contribution is -2.49. The number of carbonyl (C=O) groups excluding carboxylic acids is 1. The Morgan fingerprint density at radius 3 is 2.20 bits per heavy atom. The molecule has 0 aliphatic rings. The zero-order valence-corrected chi connectivity index (χ0v) is 12.8. The fourth-order valence-corrected chi connectivity index (χ4v) is 3.01. The molecule has 0 fully saturated rings. The van der Waals surface area contributed by atoms with E-state index in [0.717, 1.165) is 0 Å². The van der Waals surface area contributed by atoms with E-state index in [2.05, 4.69) is 14.2 Å². The minimum Gasteiger partial charge on any atom is -0.468 e. The maximum absolute atomic E-state index is 12.0. The molecule has 112 valence electrons. The second kappa shape index (κ2) is 6.34. The molecular weight excluding hydrogens is 280 g/mol. The summed E-state index contributed by atoms with van der Waals surface area (Å²) in [6.07, 6.45) is 0. The summed E-state index contributed by atoms with van der Waals surface area (Å²) in [5.74, 6) is -0.671. The van der Waals surface area contributed by atoms with Crippen LogP contribution in [0.1, 0.15) is 32.4 Å². The van der Waals surface area contributed by atoms with Gasteiger partial charge in [-0.15, -0.1) is 0 Å². The first kappa shape index (κ1) is 16.6. The summed E-state index contributed by atoms with van der Waals surface area (Å²) in [5.41, 5.74) is -0.137. The highest BCUT2D eigenvalue weighted by atomic mass is 32.2. The first-order valence-electron chi connectivity index (χ1n) is 6.08. The van der Waals surface area contributed by atoms with Crippen molar-refractivity contribution in [3.8, 4) is 0 Å². The molecule has 1 atom stereocenters. The molecule has 1 rings (SSSR count). The summed E-state index contributed by atoms with van der Waals surface area (Å²) < 4.78 is 33.4. The van der Waals surface area contributed by atoms with Gasteiger partial charge in [0.25, 0.3) is 10.2 Å². The third-order valence-corrected chi connectivity index (χ3v) is 3.71. The van der Waals surface area contributed by atoms with Gasteiger partial charge in [-0.05, 0) is 26.3 Å². The Morgan fingerprint density at radius 2 is 1.75 bits per heavy atom. The van der Waals surface area contributed by atoms with Gasteiger partial charge in [-0.1, -0.05) is 30.3 Å². The third kappa shape index (κ3) is 5.28. The van der Waals surface area contributed by atoms with Crippen LogP contribution in [0, 0.1) is 0 Å². The molecule has 6 nitrogen and oxygen atoms in total. The van der Waals surface area contributed by atoms with Crippen molar-refractivity contribution in [3.05, 3.63) is 35.9 Å². The van der Waals surface area contributed by atoms with Crippen LogP contribution in [0.4, 0.5) is 0 Å². The number of rotatable bonds is 5. The van der Waals surface area contributed by atoms with Gasteiger partial charge in [0.1, 0.15) is 6.04 Å². The van der Waals surface area contributed by atoms with Gasteiger partial charge in [0, 0.05) is 5.54 Å². The lowest BCUT2D eigenvalue weighted by molar-refractivity contribution is -0.142. The van der Waals surface area contributed by atoms with Crippen LogP contribution < -0.4 is 9.44 Å². The average Bonchev–Trinajstić information content (AvgIpc) is 2.33. The summed E-state index contributed by atoms with van der Waals surface area (Å²) in [6, 6.07) is 7.44. The molecule has 0 saturated heterocycles. The Morgan fingerprint density at radius 1 is 1.20 bits per heavy atom. The molecule has 1 unspecified atom stereocenters. The highest BCUT2D eigenvalue weighted by Gasteiger charge is 2.29. The van der Waals surface area contributed by atoms with Gasteiger partial charge in [-0.3, -0.25) is 0 Å². The first-order valence-corrected chi connectivity index (χ1v) is 7.57. The van der Waals surface area contributed by atoms with Crippen LogP contribution in [0.5, 0.6) is 0 Å². The third-order valence-electron chi connectivity index (χ3n) is 2.28. The zero-order valence-electron chi connectivity index (χ0n) is 12.0. The van der Waals surface area contributed by atoms with Crippen molar-refractivity contribution in [2.45, 2.75) is 32.4 Å². The fraction of sp³-hybridized carbons (Fsp3) is 0.462. The number of esters is 1. The van der Waals surface area contributed by atoms with Crippen molar-refractivity contribution >= 4 is 16.2 Å². The maximum Gasteiger partial charge on any atom is 0.328 e. The fourth-order valence-electron chi connectivity index (χ4n) is 1.60. The number of ether oxygens (including phenoxy) is 1. The van der Waals surface area contributed by atoms with E-state index in [1.165, 1.54) is 7.11 Å². The molecule has 0 aromatic heterocycles. The SMILES string of the molecule is COC(=O)C(NS(=O)(=O)NC(C)(C)C)c1ccccc1. The van der Waals surface area contributed by atoms with E-state index < -0.39 is 27.8 Å². The molecule has 0 saturated carbocycles. The van der Waals surface area contributed by atoms with Gasteiger partial charge in [0.15, 0.2) is 0 Å². The molecule has 1 aromatic rings. The van der Waals surface area contributed by atoms with Crippen LogP contribution in [0.3, 0.4) is 0 Å². The number of benzene rings is 1. The van der Waals surface area contributed by atoms with Gasteiger partial charge in [-0.25, -0.2) is 4.79 Å². The number of methoxy groups -OCH3 is 1. The zero-order chi connectivity index (χ0) is 15.4. The second-order valence-corrected chi connectivity index (χ2v) is 6.79. The molecule has 0 aliphatic carbocycles. The summed E-state index contributed by atoms with van der Waals surface area (Å²) in [6.45, 7) is 5.13. The monoisotopic (exact) mass is 300 g/mol. The predicted molar refractivity (Wildman–Crippen MR) is 76.1 cm³/mol. The average molecular weight is 300 g/mol. The Hall–Kier alpha value is -1.44. The lowest BCUT2D eigenvalue weighted by atomic mass is 10.1. The molecule has 0 spiro atoms. The van der Waals surface area contributed by atoms with Gasteiger partial charge in [0.2, 0.25) is 0 Å². The van der Waals surface area contributed by atoms with Crippen LogP contribution in [-0.2, 0) is 19.7 Å². The topological polar surface area (TPSA) is 84.5 Å². The normalized spacial score (nSPS) is 13.8. The van der Waals surface area contributed by atoms with Crippen molar-refractivity contribution in [1.29, 1.82) is 0 Å². The minimum atomic E-state index is -3.84. The van der Waals surface area contributed by atoms with Crippen molar-refractivity contribution in [1.82, 2.24) is 9.44 Å². The molecule has 0 aliphatic heterocycles. The second-order valence-electron chi connectivity index (χ2n) is 5.34. The number of hydrogen-bond donors (Lipinski definition) is 2. The van der Waals surface area contributed by atoms with Gasteiger partial charge >= 0.3 is 5.97 Å². The van der Waals surface area contributed by atoms with Gasteiger partial charge in [-0.2, -0.15) is 17.9 Å². The van der Waals surface area contributed by atoms with E-state index in [0.29, 0.717) is 5.56 Å². The molecule has 7 heteroatoms. The molecule has 0 bridgehead atoms. The van der Waals surface area contributed by atoms with Crippen LogP contribution in [0.2, 0.25) is 0 Å². The Labute approximate surface area is 119 Å².